The van der Waals surface area contributed by atoms with Crippen LogP contribution in [-0.2, 0) is 7.05 Å². The second kappa shape index (κ2) is 2.34. The fraction of sp³-hybridized carbons (Fsp3) is 0.250. The van der Waals surface area contributed by atoms with Crippen molar-refractivity contribution in [3.63, 3.8) is 0 Å². The third-order valence-electron chi connectivity index (χ3n) is 1.88. The third-order valence-corrected chi connectivity index (χ3v) is 1.88. The van der Waals surface area contributed by atoms with Crippen molar-refractivity contribution in [1.29, 1.82) is 0 Å². The third kappa shape index (κ3) is 0.914. The number of hydrogen-bond acceptors (Lipinski definition) is 2. The second-order valence-electron chi connectivity index (χ2n) is 2.91. The van der Waals surface area contributed by atoms with Crippen LogP contribution in [0.25, 0.3) is 11.0 Å². The van der Waals surface area contributed by atoms with Crippen molar-refractivity contribution in [2.24, 2.45) is 7.05 Å². The van der Waals surface area contributed by atoms with Gasteiger partial charge in [0.1, 0.15) is 13.4 Å². The Hall–Kier alpha value is -1.32. The smallest absolute Gasteiger partial charge is 0.119 e. The van der Waals surface area contributed by atoms with Gasteiger partial charge in [0, 0.05) is 7.05 Å². The van der Waals surface area contributed by atoms with Crippen molar-refractivity contribution in [2.45, 2.75) is 6.92 Å². The molecule has 0 saturated heterocycles. The maximum absolute atomic E-state index is 5.70. The van der Waals surface area contributed by atoms with Crippen LogP contribution in [0, 0.1) is 6.92 Å². The quantitative estimate of drug-likeness (QED) is 0.506. The molecule has 2 rings (SSSR count). The van der Waals surface area contributed by atoms with Crippen molar-refractivity contribution >= 4 is 24.3 Å². The van der Waals surface area contributed by atoms with Crippen molar-refractivity contribution < 1.29 is 0 Å². The van der Waals surface area contributed by atoms with E-state index in [4.69, 9.17) is 7.85 Å². The van der Waals surface area contributed by atoms with Crippen LogP contribution in [0.3, 0.4) is 0 Å². The van der Waals surface area contributed by atoms with Crippen LogP contribution >= 0.6 is 0 Å². The molecule has 0 aromatic carbocycles. The number of nitrogens with zero attached hydrogens (tertiary/aromatic N) is 3. The molecule has 0 amide bonds. The minimum atomic E-state index is 0.681. The van der Waals surface area contributed by atoms with Crippen LogP contribution in [-0.4, -0.2) is 22.6 Å². The monoisotopic (exact) mass is 157 g/mol. The first kappa shape index (κ1) is 7.34. The molecule has 2 aromatic rings. The highest BCUT2D eigenvalue weighted by atomic mass is 15.1. The minimum Gasteiger partial charge on any atom is -0.350 e. The van der Waals surface area contributed by atoms with Gasteiger partial charge in [0.25, 0.3) is 0 Å². The Labute approximate surface area is 71.8 Å². The summed E-state index contributed by atoms with van der Waals surface area (Å²) < 4.78 is 1.95. The zero-order chi connectivity index (χ0) is 8.72. The van der Waals surface area contributed by atoms with E-state index in [1.807, 2.05) is 30.8 Å². The first-order valence-electron chi connectivity index (χ1n) is 3.73. The first-order chi connectivity index (χ1) is 5.68. The van der Waals surface area contributed by atoms with E-state index in [2.05, 4.69) is 10.2 Å². The molecule has 0 atom stereocenters. The van der Waals surface area contributed by atoms with Gasteiger partial charge in [-0.2, -0.15) is 5.10 Å². The Balaban J connectivity index is 2.90. The van der Waals surface area contributed by atoms with Gasteiger partial charge in [0.15, 0.2) is 0 Å². The Morgan fingerprint density at radius 3 is 2.92 bits per heavy atom. The number of aryl methyl sites for hydroxylation is 2. The van der Waals surface area contributed by atoms with E-state index in [0.29, 0.717) is 5.46 Å². The molecule has 58 valence electrons. The molecule has 2 radical (unpaired) electrons. The molecule has 0 bridgehead atoms. The lowest BCUT2D eigenvalue weighted by Gasteiger charge is -1.94. The van der Waals surface area contributed by atoms with Gasteiger partial charge in [0.05, 0.1) is 11.2 Å². The number of hydrogen-bond donors (Lipinski definition) is 0. The van der Waals surface area contributed by atoms with Gasteiger partial charge in [0.2, 0.25) is 0 Å². The van der Waals surface area contributed by atoms with Gasteiger partial charge in [-0.15, -0.1) is 5.10 Å². The Bertz CT molecular complexity index is 433. The molecule has 0 saturated carbocycles. The van der Waals surface area contributed by atoms with Gasteiger partial charge >= 0.3 is 0 Å². The molecular weight excluding hydrogens is 149 g/mol. The summed E-state index contributed by atoms with van der Waals surface area (Å²) in [4.78, 5) is 0. The van der Waals surface area contributed by atoms with Gasteiger partial charge in [-0.3, -0.25) is 0 Å². The first-order valence-corrected chi connectivity index (χ1v) is 3.73. The molecule has 12 heavy (non-hydrogen) atoms. The number of fused-ring (bicyclic) bond motifs is 1. The average molecular weight is 157 g/mol. The van der Waals surface area contributed by atoms with Crippen LogP contribution in [0.15, 0.2) is 12.3 Å². The summed E-state index contributed by atoms with van der Waals surface area (Å²) in [6.45, 7) is 1.91. The van der Waals surface area contributed by atoms with E-state index in [1.165, 1.54) is 0 Å². The van der Waals surface area contributed by atoms with Gasteiger partial charge in [-0.1, -0.05) is 5.46 Å². The highest BCUT2D eigenvalue weighted by Gasteiger charge is 2.03. The maximum Gasteiger partial charge on any atom is 0.119 e. The largest absolute Gasteiger partial charge is 0.350 e. The molecule has 0 aliphatic carbocycles. The zero-order valence-electron chi connectivity index (χ0n) is 7.07. The van der Waals surface area contributed by atoms with Gasteiger partial charge in [-0.05, 0) is 19.2 Å². The summed E-state index contributed by atoms with van der Waals surface area (Å²) in [6, 6.07) is 1.97. The molecule has 0 aliphatic heterocycles. The molecular formula is C8H8BN3. The van der Waals surface area contributed by atoms with Crippen LogP contribution in [0.4, 0.5) is 0 Å². The summed E-state index contributed by atoms with van der Waals surface area (Å²) >= 11 is 0. The fourth-order valence-electron chi connectivity index (χ4n) is 1.29. The van der Waals surface area contributed by atoms with Gasteiger partial charge < -0.3 is 4.57 Å². The molecule has 2 heterocycles. The lowest BCUT2D eigenvalue weighted by Crippen LogP contribution is -2.00. The molecule has 0 unspecified atom stereocenters. The number of aromatic nitrogens is 3. The van der Waals surface area contributed by atoms with E-state index in [1.54, 1.807) is 0 Å². The molecule has 2 aromatic heterocycles. The number of rotatable bonds is 0. The topological polar surface area (TPSA) is 30.7 Å². The fourth-order valence-corrected chi connectivity index (χ4v) is 1.29. The predicted molar refractivity (Wildman–Crippen MR) is 48.6 cm³/mol. The normalized spacial score (nSPS) is 10.8. The summed E-state index contributed by atoms with van der Waals surface area (Å²) in [6.07, 6.45) is 1.85. The van der Waals surface area contributed by atoms with Crippen LogP contribution < -0.4 is 5.46 Å². The van der Waals surface area contributed by atoms with Crippen molar-refractivity contribution in [3.8, 4) is 0 Å². The van der Waals surface area contributed by atoms with Crippen molar-refractivity contribution in [3.05, 3.63) is 18.0 Å². The summed E-state index contributed by atoms with van der Waals surface area (Å²) in [5.74, 6) is 0. The Morgan fingerprint density at radius 1 is 1.42 bits per heavy atom. The highest BCUT2D eigenvalue weighted by Crippen LogP contribution is 2.08. The van der Waals surface area contributed by atoms with E-state index in [0.717, 1.165) is 16.7 Å². The summed E-state index contributed by atoms with van der Waals surface area (Å²) in [7, 11) is 7.65. The van der Waals surface area contributed by atoms with Gasteiger partial charge in [-0.25, -0.2) is 0 Å². The average Bonchev–Trinajstić information content (AvgIpc) is 2.28. The van der Waals surface area contributed by atoms with E-state index < -0.39 is 0 Å². The van der Waals surface area contributed by atoms with Crippen molar-refractivity contribution in [2.75, 3.05) is 0 Å². The van der Waals surface area contributed by atoms with Crippen LogP contribution in [0.5, 0.6) is 0 Å². The molecule has 0 spiro atoms. The lowest BCUT2D eigenvalue weighted by atomic mass is 9.99. The molecule has 3 nitrogen and oxygen atoms in total. The van der Waals surface area contributed by atoms with E-state index in [-0.39, 0.29) is 0 Å². The molecule has 0 N–H and O–H groups in total. The highest BCUT2D eigenvalue weighted by molar-refractivity contribution is 6.38. The second-order valence-corrected chi connectivity index (χ2v) is 2.91. The van der Waals surface area contributed by atoms with Crippen LogP contribution in [0.1, 0.15) is 5.69 Å². The SMILES string of the molecule is [B]c1cn(C)c2cc(C)nnc12. The summed E-state index contributed by atoms with van der Waals surface area (Å²) in [5, 5.41) is 7.94. The summed E-state index contributed by atoms with van der Waals surface area (Å²) in [5.41, 5.74) is 3.40. The lowest BCUT2D eigenvalue weighted by molar-refractivity contribution is 0.955. The predicted octanol–water partition coefficient (Wildman–Crippen LogP) is 0.0705. The van der Waals surface area contributed by atoms with Crippen LogP contribution in [0.2, 0.25) is 0 Å². The molecule has 0 aliphatic rings. The van der Waals surface area contributed by atoms with E-state index in [9.17, 15) is 0 Å². The maximum atomic E-state index is 5.70. The Morgan fingerprint density at radius 2 is 2.17 bits per heavy atom. The van der Waals surface area contributed by atoms with E-state index >= 15 is 0 Å². The zero-order valence-corrected chi connectivity index (χ0v) is 7.07. The standard InChI is InChI=1S/C8H8BN3/c1-5-3-7-8(11-10-5)6(9)4-12(7)2/h3-4H,1-2H3. The van der Waals surface area contributed by atoms with Crippen molar-refractivity contribution in [1.82, 2.24) is 14.8 Å². The minimum absolute atomic E-state index is 0.681. The molecule has 0 fully saturated rings. The molecule has 4 heteroatoms. The Kier molecular flexibility index (Phi) is 1.43.